The Morgan fingerprint density at radius 2 is 2.16 bits per heavy atom. The van der Waals surface area contributed by atoms with Gasteiger partial charge in [0.1, 0.15) is 5.75 Å². The van der Waals surface area contributed by atoms with E-state index in [-0.39, 0.29) is 30.3 Å². The quantitative estimate of drug-likeness (QED) is 0.770. The number of ether oxygens (including phenoxy) is 2. The highest BCUT2D eigenvalue weighted by Gasteiger charge is 2.55. The van der Waals surface area contributed by atoms with Crippen molar-refractivity contribution in [2.75, 3.05) is 20.8 Å². The summed E-state index contributed by atoms with van der Waals surface area (Å²) in [5, 5.41) is 9.88. The average molecular weight is 407 g/mol. The molecule has 0 aliphatic heterocycles. The predicted molar refractivity (Wildman–Crippen MR) is 101 cm³/mol. The summed E-state index contributed by atoms with van der Waals surface area (Å²) < 4.78 is 11.8. The Hall–Kier alpha value is -1.43. The lowest BCUT2D eigenvalue weighted by Gasteiger charge is -2.48. The Morgan fingerprint density at radius 3 is 2.76 bits per heavy atom. The summed E-state index contributed by atoms with van der Waals surface area (Å²) >= 11 is 3.53. The van der Waals surface area contributed by atoms with Crippen LogP contribution >= 0.6 is 15.9 Å². The first kappa shape index (κ1) is 18.4. The minimum Gasteiger partial charge on any atom is -0.497 e. The number of carbonyl (C=O) groups is 1. The fourth-order valence-electron chi connectivity index (χ4n) is 4.40. The monoisotopic (exact) mass is 406 g/mol. The number of ketones is 1. The predicted octanol–water partition coefficient (Wildman–Crippen LogP) is 3.87. The molecule has 134 valence electrons. The van der Waals surface area contributed by atoms with Crippen LogP contribution in [0.4, 0.5) is 0 Å². The second kappa shape index (κ2) is 7.06. The van der Waals surface area contributed by atoms with E-state index in [1.165, 1.54) is 0 Å². The molecule has 5 heteroatoms. The molecule has 0 unspecified atom stereocenters. The van der Waals surface area contributed by atoms with Crippen LogP contribution in [0.5, 0.6) is 5.75 Å². The van der Waals surface area contributed by atoms with Crippen molar-refractivity contribution in [1.82, 2.24) is 0 Å². The number of carbonyl (C=O) groups excluding carboxylic acids is 1. The van der Waals surface area contributed by atoms with Crippen molar-refractivity contribution in [2.45, 2.75) is 18.9 Å². The van der Waals surface area contributed by atoms with E-state index in [9.17, 15) is 9.90 Å². The van der Waals surface area contributed by atoms with Crippen molar-refractivity contribution < 1.29 is 19.4 Å². The first-order valence-corrected chi connectivity index (χ1v) is 9.20. The van der Waals surface area contributed by atoms with Crippen molar-refractivity contribution in [3.05, 3.63) is 46.5 Å². The molecule has 0 amide bonds. The van der Waals surface area contributed by atoms with Gasteiger partial charge in [-0.1, -0.05) is 18.2 Å². The third-order valence-corrected chi connectivity index (χ3v) is 6.31. The van der Waals surface area contributed by atoms with Gasteiger partial charge in [-0.15, -0.1) is 6.58 Å². The molecule has 1 N–H and O–H groups in total. The molecule has 0 heterocycles. The second-order valence-corrected chi connectivity index (χ2v) is 7.52. The molecule has 1 fully saturated rings. The molecule has 1 saturated carbocycles. The van der Waals surface area contributed by atoms with Crippen LogP contribution in [-0.2, 0) is 4.74 Å². The van der Waals surface area contributed by atoms with Gasteiger partial charge >= 0.3 is 0 Å². The van der Waals surface area contributed by atoms with Gasteiger partial charge in [0.15, 0.2) is 5.78 Å². The number of rotatable bonds is 4. The van der Waals surface area contributed by atoms with Crippen LogP contribution < -0.4 is 4.74 Å². The summed E-state index contributed by atoms with van der Waals surface area (Å²) in [5.41, 5.74) is 0.526. The minimum atomic E-state index is -0.890. The normalized spacial score (nSPS) is 31.0. The summed E-state index contributed by atoms with van der Waals surface area (Å²) in [5.74, 6) is 0.501. The fraction of sp³-hybridized carbons (Fsp3) is 0.450. The number of halogens is 1. The smallest absolute Gasteiger partial charge is 0.177 e. The van der Waals surface area contributed by atoms with E-state index in [1.54, 1.807) is 26.4 Å². The number of hydrogen-bond acceptors (Lipinski definition) is 4. The molecular formula is C20H23BrO4. The van der Waals surface area contributed by atoms with E-state index in [1.807, 2.05) is 18.2 Å². The van der Waals surface area contributed by atoms with Crippen LogP contribution in [0.15, 0.2) is 35.3 Å². The SMILES string of the molecule is C=C[C@@]12C(=O)c3c(Br)cc(OC)cc3C=C[C@@H]1[C@H](CO)CC[C@@H]2OC. The van der Waals surface area contributed by atoms with E-state index in [2.05, 4.69) is 22.5 Å². The van der Waals surface area contributed by atoms with Crippen molar-refractivity contribution in [3.63, 3.8) is 0 Å². The lowest BCUT2D eigenvalue weighted by Crippen LogP contribution is -2.53. The Bertz CT molecular complexity index is 727. The Kier molecular flexibility index (Phi) is 5.19. The van der Waals surface area contributed by atoms with Gasteiger partial charge in [-0.3, -0.25) is 4.79 Å². The van der Waals surface area contributed by atoms with E-state index in [0.717, 1.165) is 12.0 Å². The largest absolute Gasteiger partial charge is 0.497 e. The molecule has 3 rings (SSSR count). The van der Waals surface area contributed by atoms with Crippen molar-refractivity contribution in [3.8, 4) is 5.75 Å². The Balaban J connectivity index is 2.26. The fourth-order valence-corrected chi connectivity index (χ4v) is 5.03. The van der Waals surface area contributed by atoms with Gasteiger partial charge in [-0.05, 0) is 52.4 Å². The highest BCUT2D eigenvalue weighted by atomic mass is 79.9. The molecule has 0 bridgehead atoms. The Labute approximate surface area is 156 Å². The highest BCUT2D eigenvalue weighted by Crippen LogP contribution is 2.52. The molecule has 0 radical (unpaired) electrons. The maximum Gasteiger partial charge on any atom is 0.177 e. The lowest BCUT2D eigenvalue weighted by atomic mass is 9.57. The third-order valence-electron chi connectivity index (χ3n) is 5.68. The summed E-state index contributed by atoms with van der Waals surface area (Å²) in [6.45, 7) is 4.04. The number of fused-ring (bicyclic) bond motifs is 2. The zero-order valence-corrected chi connectivity index (χ0v) is 16.1. The summed E-state index contributed by atoms with van der Waals surface area (Å²) in [4.78, 5) is 13.7. The van der Waals surface area contributed by atoms with E-state index in [4.69, 9.17) is 9.47 Å². The molecule has 0 aromatic heterocycles. The minimum absolute atomic E-state index is 0.000386. The molecule has 1 aromatic rings. The zero-order valence-electron chi connectivity index (χ0n) is 14.5. The van der Waals surface area contributed by atoms with Crippen molar-refractivity contribution in [2.24, 2.45) is 17.3 Å². The standard InChI is InChI=1S/C20H23BrO4/c1-4-20-15(13(11-22)6-8-17(20)25-3)7-5-12-9-14(24-2)10-16(21)18(12)19(20)23/h4-5,7,9-10,13,15,17,22H,1,6,8,11H2,2-3H3/t13-,15+,17-,20+/m0/s1. The molecular weight excluding hydrogens is 384 g/mol. The number of aliphatic hydroxyl groups is 1. The van der Waals surface area contributed by atoms with E-state index >= 15 is 0 Å². The maximum absolute atomic E-state index is 13.7. The molecule has 0 spiro atoms. The van der Waals surface area contributed by atoms with Crippen LogP contribution in [0.1, 0.15) is 28.8 Å². The number of aliphatic hydroxyl groups excluding tert-OH is 1. The lowest BCUT2D eigenvalue weighted by molar-refractivity contribution is -0.0494. The number of benzene rings is 1. The summed E-state index contributed by atoms with van der Waals surface area (Å²) in [6, 6.07) is 3.66. The molecule has 2 aliphatic carbocycles. The first-order chi connectivity index (χ1) is 12.0. The molecule has 2 aliphatic rings. The second-order valence-electron chi connectivity index (χ2n) is 6.67. The van der Waals surface area contributed by atoms with E-state index in [0.29, 0.717) is 22.2 Å². The maximum atomic E-state index is 13.7. The third kappa shape index (κ3) is 2.69. The van der Waals surface area contributed by atoms with Gasteiger partial charge in [0.25, 0.3) is 0 Å². The number of Topliss-reactive ketones (excluding diaryl/α,β-unsaturated/α-hetero) is 1. The summed E-state index contributed by atoms with van der Waals surface area (Å²) in [7, 11) is 3.24. The average Bonchev–Trinajstić information content (AvgIpc) is 2.76. The topological polar surface area (TPSA) is 55.8 Å². The number of hydrogen-bond donors (Lipinski definition) is 1. The van der Waals surface area contributed by atoms with Crippen molar-refractivity contribution in [1.29, 1.82) is 0 Å². The van der Waals surface area contributed by atoms with Gasteiger partial charge in [0.2, 0.25) is 0 Å². The molecule has 1 aromatic carbocycles. The van der Waals surface area contributed by atoms with Crippen LogP contribution in [0.25, 0.3) is 6.08 Å². The summed E-state index contributed by atoms with van der Waals surface area (Å²) in [6.07, 6.45) is 6.97. The van der Waals surface area contributed by atoms with Crippen LogP contribution in [0, 0.1) is 17.3 Å². The molecule has 4 atom stereocenters. The van der Waals surface area contributed by atoms with Gasteiger partial charge < -0.3 is 14.6 Å². The highest BCUT2D eigenvalue weighted by molar-refractivity contribution is 9.10. The van der Waals surface area contributed by atoms with Gasteiger partial charge in [0.05, 0.1) is 18.6 Å². The molecule has 4 nitrogen and oxygen atoms in total. The molecule has 0 saturated heterocycles. The van der Waals surface area contributed by atoms with Gasteiger partial charge in [0, 0.05) is 29.7 Å². The van der Waals surface area contributed by atoms with Crippen LogP contribution in [0.2, 0.25) is 0 Å². The van der Waals surface area contributed by atoms with Gasteiger partial charge in [-0.25, -0.2) is 0 Å². The van der Waals surface area contributed by atoms with Crippen LogP contribution in [-0.4, -0.2) is 37.8 Å². The first-order valence-electron chi connectivity index (χ1n) is 8.41. The van der Waals surface area contributed by atoms with E-state index < -0.39 is 5.41 Å². The van der Waals surface area contributed by atoms with Crippen LogP contribution in [0.3, 0.4) is 0 Å². The van der Waals surface area contributed by atoms with Crippen molar-refractivity contribution >= 4 is 27.8 Å². The number of allylic oxidation sites excluding steroid dienone is 1. The molecule has 25 heavy (non-hydrogen) atoms. The van der Waals surface area contributed by atoms with Gasteiger partial charge in [-0.2, -0.15) is 0 Å². The zero-order chi connectivity index (χ0) is 18.2. The Morgan fingerprint density at radius 1 is 1.40 bits per heavy atom. The number of methoxy groups -OCH3 is 2.